The molecule has 0 aliphatic carbocycles. The van der Waals surface area contributed by atoms with Crippen LogP contribution in [0.3, 0.4) is 0 Å². The number of hydrogen-bond donors (Lipinski definition) is 3. The van der Waals surface area contributed by atoms with Crippen LogP contribution < -0.4 is 5.32 Å². The van der Waals surface area contributed by atoms with Gasteiger partial charge in [-0.3, -0.25) is 10.1 Å². The highest BCUT2D eigenvalue weighted by atomic mass is 19.2. The molecule has 0 fully saturated rings. The van der Waals surface area contributed by atoms with Gasteiger partial charge in [0.2, 0.25) is 11.6 Å². The molecule has 0 radical (unpaired) electrons. The van der Waals surface area contributed by atoms with Gasteiger partial charge in [-0.25, -0.2) is 8.78 Å². The van der Waals surface area contributed by atoms with Crippen LogP contribution in [0, 0.1) is 23.3 Å². The van der Waals surface area contributed by atoms with Crippen LogP contribution in [0.25, 0.3) is 0 Å². The van der Waals surface area contributed by atoms with Crippen LogP contribution in [0.15, 0.2) is 0 Å². The van der Waals surface area contributed by atoms with Crippen molar-refractivity contribution in [1.82, 2.24) is 5.32 Å². The Kier molecular flexibility index (Phi) is 4.83. The Hall–Kier alpha value is -1.83. The second-order valence-electron chi connectivity index (χ2n) is 5.57. The van der Waals surface area contributed by atoms with Crippen LogP contribution in [-0.2, 0) is 11.2 Å². The molecule has 1 aromatic carbocycles. The highest BCUT2D eigenvalue weighted by molar-refractivity contribution is 5.74. The largest absolute Gasteiger partial charge is 0.503 e. The number of nitrogens with one attached hydrogen (secondary N) is 1. The number of phenolic OH excluding ortho intramolecular Hbond substituents is 1. The highest BCUT2D eigenvalue weighted by Crippen LogP contribution is 2.29. The summed E-state index contributed by atoms with van der Waals surface area (Å²) >= 11 is 0. The molecule has 1 rings (SSSR count). The summed E-state index contributed by atoms with van der Waals surface area (Å²) in [6.45, 7) is 4.86. The maximum absolute atomic E-state index is 13.6. The van der Waals surface area contributed by atoms with Crippen LogP contribution in [0.5, 0.6) is 5.75 Å². The van der Waals surface area contributed by atoms with Gasteiger partial charge in [-0.1, -0.05) is 0 Å². The zero-order chi connectivity index (χ0) is 16.5. The number of carboxylic acid groups (broad SMARTS) is 1. The van der Waals surface area contributed by atoms with Crippen molar-refractivity contribution in [2.75, 3.05) is 0 Å². The molecule has 0 aliphatic rings. The third-order valence-electron chi connectivity index (χ3n) is 2.64. The van der Waals surface area contributed by atoms with Gasteiger partial charge in [-0.2, -0.15) is 8.78 Å². The van der Waals surface area contributed by atoms with E-state index < -0.39 is 58.6 Å². The average Bonchev–Trinajstić information content (AvgIpc) is 2.36. The van der Waals surface area contributed by atoms with E-state index in [0.717, 1.165) is 0 Å². The van der Waals surface area contributed by atoms with Crippen molar-refractivity contribution in [3.8, 4) is 5.75 Å². The number of aromatic hydroxyl groups is 1. The molecule has 0 aromatic heterocycles. The number of rotatable bonds is 4. The molecule has 0 bridgehead atoms. The summed E-state index contributed by atoms with van der Waals surface area (Å²) in [4.78, 5) is 11.1. The predicted octanol–water partition coefficient (Wildman–Crippen LogP) is 2.33. The van der Waals surface area contributed by atoms with Crippen molar-refractivity contribution in [1.29, 1.82) is 0 Å². The number of phenols is 1. The third kappa shape index (κ3) is 3.84. The van der Waals surface area contributed by atoms with Crippen LogP contribution in [0.1, 0.15) is 26.3 Å². The number of aliphatic carboxylic acids is 1. The molecule has 0 saturated carbocycles. The normalized spacial score (nSPS) is 13.3. The molecule has 0 amide bonds. The monoisotopic (exact) mass is 309 g/mol. The van der Waals surface area contributed by atoms with E-state index in [0.29, 0.717) is 0 Å². The molecule has 0 saturated heterocycles. The molecule has 4 nitrogen and oxygen atoms in total. The summed E-state index contributed by atoms with van der Waals surface area (Å²) in [5.74, 6) is -10.7. The minimum atomic E-state index is -1.95. The second kappa shape index (κ2) is 5.88. The van der Waals surface area contributed by atoms with Crippen LogP contribution in [0.4, 0.5) is 17.6 Å². The first-order valence-corrected chi connectivity index (χ1v) is 6.00. The van der Waals surface area contributed by atoms with Crippen molar-refractivity contribution in [3.05, 3.63) is 28.8 Å². The lowest BCUT2D eigenvalue weighted by molar-refractivity contribution is -0.140. The number of carboxylic acids is 1. The Labute approximate surface area is 118 Å². The maximum atomic E-state index is 13.6. The van der Waals surface area contributed by atoms with Gasteiger partial charge in [0.1, 0.15) is 6.04 Å². The average molecular weight is 309 g/mol. The van der Waals surface area contributed by atoms with E-state index in [9.17, 15) is 22.4 Å². The van der Waals surface area contributed by atoms with Crippen molar-refractivity contribution < 1.29 is 32.6 Å². The lowest BCUT2D eigenvalue weighted by Gasteiger charge is -2.26. The van der Waals surface area contributed by atoms with E-state index in [1.54, 1.807) is 20.8 Å². The summed E-state index contributed by atoms with van der Waals surface area (Å²) in [5.41, 5.74) is -1.78. The summed E-state index contributed by atoms with van der Waals surface area (Å²) in [7, 11) is 0. The zero-order valence-corrected chi connectivity index (χ0v) is 11.6. The summed E-state index contributed by atoms with van der Waals surface area (Å²) in [6.07, 6.45) is -0.821. The van der Waals surface area contributed by atoms with E-state index in [1.807, 2.05) is 0 Å². The number of benzene rings is 1. The Morgan fingerprint density at radius 2 is 1.52 bits per heavy atom. The Morgan fingerprint density at radius 3 is 1.86 bits per heavy atom. The smallest absolute Gasteiger partial charge is 0.321 e. The van der Waals surface area contributed by atoms with Crippen LogP contribution in [0.2, 0.25) is 0 Å². The highest BCUT2D eigenvalue weighted by Gasteiger charge is 2.30. The predicted molar refractivity (Wildman–Crippen MR) is 66.0 cm³/mol. The third-order valence-corrected chi connectivity index (χ3v) is 2.64. The Bertz CT molecular complexity index is 541. The number of carbonyl (C=O) groups is 1. The molecule has 1 aromatic rings. The van der Waals surface area contributed by atoms with E-state index in [2.05, 4.69) is 5.32 Å². The molecule has 0 spiro atoms. The van der Waals surface area contributed by atoms with Crippen LogP contribution in [-0.4, -0.2) is 27.8 Å². The Balaban J connectivity index is 3.25. The van der Waals surface area contributed by atoms with Crippen molar-refractivity contribution in [3.63, 3.8) is 0 Å². The minimum absolute atomic E-state index is 0.704. The van der Waals surface area contributed by atoms with Gasteiger partial charge in [0, 0.05) is 17.5 Å². The first-order chi connectivity index (χ1) is 9.45. The number of hydrogen-bond acceptors (Lipinski definition) is 3. The fraction of sp³-hybridized carbons (Fsp3) is 0.462. The quantitative estimate of drug-likeness (QED) is 0.590. The lowest BCUT2D eigenvalue weighted by Crippen LogP contribution is -2.49. The zero-order valence-electron chi connectivity index (χ0n) is 11.6. The molecule has 118 valence electrons. The summed E-state index contributed by atoms with van der Waals surface area (Å²) in [5, 5.41) is 20.5. The van der Waals surface area contributed by atoms with E-state index in [4.69, 9.17) is 10.2 Å². The minimum Gasteiger partial charge on any atom is -0.503 e. The topological polar surface area (TPSA) is 69.6 Å². The van der Waals surface area contributed by atoms with Crippen molar-refractivity contribution in [2.45, 2.75) is 38.8 Å². The molecule has 1 unspecified atom stereocenters. The van der Waals surface area contributed by atoms with Gasteiger partial charge < -0.3 is 10.2 Å². The van der Waals surface area contributed by atoms with Gasteiger partial charge in [0.05, 0.1) is 0 Å². The van der Waals surface area contributed by atoms with Gasteiger partial charge in [-0.05, 0) is 20.8 Å². The van der Waals surface area contributed by atoms with Gasteiger partial charge in [0.25, 0.3) is 0 Å². The van der Waals surface area contributed by atoms with Crippen molar-refractivity contribution >= 4 is 5.97 Å². The Morgan fingerprint density at radius 1 is 1.10 bits per heavy atom. The van der Waals surface area contributed by atoms with Crippen molar-refractivity contribution in [2.24, 2.45) is 0 Å². The fourth-order valence-corrected chi connectivity index (χ4v) is 1.77. The molecule has 1 atom stereocenters. The van der Waals surface area contributed by atoms with E-state index in [-0.39, 0.29) is 0 Å². The first kappa shape index (κ1) is 17.2. The van der Waals surface area contributed by atoms with E-state index in [1.165, 1.54) is 0 Å². The molecule has 21 heavy (non-hydrogen) atoms. The molecule has 0 heterocycles. The van der Waals surface area contributed by atoms with Gasteiger partial charge >= 0.3 is 5.97 Å². The summed E-state index contributed by atoms with van der Waals surface area (Å²) < 4.78 is 53.6. The lowest BCUT2D eigenvalue weighted by atomic mass is 10.00. The maximum Gasteiger partial charge on any atom is 0.321 e. The molecule has 0 aliphatic heterocycles. The van der Waals surface area contributed by atoms with E-state index >= 15 is 0 Å². The molecular formula is C13H15F4NO3. The SMILES string of the molecule is CC(C)(C)NC(Cc1c(F)c(F)c(O)c(F)c1F)C(=O)O. The standard InChI is InChI=1S/C13H15F4NO3/c1-13(2,3)18-6(12(20)21)4-5-7(14)9(16)11(19)10(17)8(5)15/h6,18-19H,4H2,1-3H3,(H,20,21). The first-order valence-electron chi connectivity index (χ1n) is 6.00. The number of halogens is 4. The molecule has 8 heteroatoms. The van der Waals surface area contributed by atoms with Gasteiger partial charge in [0.15, 0.2) is 17.4 Å². The molecular weight excluding hydrogens is 294 g/mol. The molecule has 3 N–H and O–H groups in total. The van der Waals surface area contributed by atoms with Crippen LogP contribution >= 0.6 is 0 Å². The second-order valence-corrected chi connectivity index (χ2v) is 5.57. The van der Waals surface area contributed by atoms with Gasteiger partial charge in [-0.15, -0.1) is 0 Å². The fourth-order valence-electron chi connectivity index (χ4n) is 1.77. The summed E-state index contributed by atoms with van der Waals surface area (Å²) in [6, 6.07) is -1.46.